The maximum absolute atomic E-state index is 13.7. The van der Waals surface area contributed by atoms with Crippen LogP contribution in [0.15, 0.2) is 71.2 Å². The van der Waals surface area contributed by atoms with Crippen LogP contribution in [0.4, 0.5) is 10.1 Å². The molecule has 18 heteroatoms. The summed E-state index contributed by atoms with van der Waals surface area (Å²) in [7, 11) is -2.22. The number of ether oxygens (including phenoxy) is 7. The molecule has 1 amide bonds. The van der Waals surface area contributed by atoms with Gasteiger partial charge in [-0.3, -0.25) is 13.9 Å². The van der Waals surface area contributed by atoms with E-state index in [2.05, 4.69) is 10.1 Å². The highest BCUT2D eigenvalue weighted by atomic mass is 32.2. The van der Waals surface area contributed by atoms with Crippen LogP contribution in [0.25, 0.3) is 28.1 Å². The average Bonchev–Trinajstić information content (AvgIpc) is 4.05. The Labute approximate surface area is 366 Å². The number of carbonyl (C=O) groups excluding carboxylic acids is 3. The molecule has 0 aliphatic heterocycles. The van der Waals surface area contributed by atoms with Gasteiger partial charge in [0.15, 0.2) is 0 Å². The Morgan fingerprint density at radius 2 is 1.38 bits per heavy atom. The quantitative estimate of drug-likeness (QED) is 0.0225. The first-order valence-electron chi connectivity index (χ1n) is 20.6. The average molecular weight is 899 g/mol. The Morgan fingerprint density at radius 3 is 1.90 bits per heavy atom. The highest BCUT2D eigenvalue weighted by Crippen LogP contribution is 2.48. The number of sulfonamides is 1. The van der Waals surface area contributed by atoms with Crippen LogP contribution in [0.5, 0.6) is 0 Å². The summed E-state index contributed by atoms with van der Waals surface area (Å²) in [4.78, 5) is 36.2. The van der Waals surface area contributed by atoms with Gasteiger partial charge in [-0.25, -0.2) is 17.6 Å². The van der Waals surface area contributed by atoms with Gasteiger partial charge in [0, 0.05) is 35.7 Å². The molecule has 0 atom stereocenters. The minimum absolute atomic E-state index is 0.0517. The molecule has 1 aliphatic rings. The van der Waals surface area contributed by atoms with E-state index in [4.69, 9.17) is 32.8 Å². The molecular weight excluding hydrogens is 844 g/mol. The summed E-state index contributed by atoms with van der Waals surface area (Å²) in [5.41, 5.74) is 3.65. The Hall–Kier alpha value is -5.21. The van der Waals surface area contributed by atoms with Crippen molar-refractivity contribution in [2.45, 2.75) is 32.3 Å². The molecule has 1 aliphatic carbocycles. The third-order valence-electron chi connectivity index (χ3n) is 9.65. The second kappa shape index (κ2) is 24.6. The lowest BCUT2D eigenvalue weighted by atomic mass is 10.0. The van der Waals surface area contributed by atoms with Crippen LogP contribution in [0.3, 0.4) is 0 Å². The van der Waals surface area contributed by atoms with Gasteiger partial charge in [0.05, 0.1) is 110 Å². The third-order valence-corrected chi connectivity index (χ3v) is 10.8. The number of aliphatic hydroxyl groups excluding tert-OH is 1. The van der Waals surface area contributed by atoms with Crippen molar-refractivity contribution in [1.82, 2.24) is 5.32 Å². The molecule has 2 N–H and O–H groups in total. The summed E-state index contributed by atoms with van der Waals surface area (Å²) >= 11 is 0. The minimum atomic E-state index is -3.74. The van der Waals surface area contributed by atoms with Crippen LogP contribution in [-0.2, 0) is 59.4 Å². The Balaban J connectivity index is 0.921. The van der Waals surface area contributed by atoms with Crippen molar-refractivity contribution in [3.8, 4) is 11.3 Å². The molecule has 16 nitrogen and oxygen atoms in total. The SMILES string of the molecule is CCOC(=O)C(=O)C=C(O)c1ccc(COCCOCCOCCOCCOCCOCCN(c2cc3oc(-c4ccc(F)cc4)c(C(=O)NC)c3cc2C2CC2)S(C)(=O)=O)cc1. The largest absolute Gasteiger partial charge is 0.507 e. The Bertz CT molecular complexity index is 2260. The molecule has 0 bridgehead atoms. The second-order valence-electron chi connectivity index (χ2n) is 14.3. The van der Waals surface area contributed by atoms with Gasteiger partial charge in [-0.1, -0.05) is 24.3 Å². The smallest absolute Gasteiger partial charge is 0.379 e. The Morgan fingerprint density at radius 1 is 0.825 bits per heavy atom. The van der Waals surface area contributed by atoms with E-state index in [0.29, 0.717) is 92.8 Å². The molecule has 342 valence electrons. The van der Waals surface area contributed by atoms with E-state index >= 15 is 0 Å². The van der Waals surface area contributed by atoms with E-state index in [1.54, 1.807) is 37.3 Å². The van der Waals surface area contributed by atoms with Crippen LogP contribution >= 0.6 is 0 Å². The second-order valence-corrected chi connectivity index (χ2v) is 16.2. The number of nitrogens with one attached hydrogen (secondary N) is 1. The number of carbonyl (C=O) groups is 3. The van der Waals surface area contributed by atoms with Gasteiger partial charge in [0.1, 0.15) is 22.9 Å². The van der Waals surface area contributed by atoms with Gasteiger partial charge in [-0.05, 0) is 67.1 Å². The molecular formula is C45H55FN2O14S. The summed E-state index contributed by atoms with van der Waals surface area (Å²) in [6.45, 7) is 5.67. The first-order valence-corrected chi connectivity index (χ1v) is 22.5. The van der Waals surface area contributed by atoms with Crippen molar-refractivity contribution in [2.24, 2.45) is 0 Å². The standard InChI is InChI=1S/C45H55FN2O14S/c1-4-61-45(52)40(50)29-39(49)33-7-5-31(6-8-33)30-60-26-25-59-24-23-58-22-21-57-20-19-56-18-17-55-16-15-48(63(3,53)54)38-28-41-37(27-36(38)32-9-10-32)42(44(51)47-2)43(62-41)34-11-13-35(46)14-12-34/h5-8,11-14,27-29,32,49H,4,9-10,15-26,30H2,1-3H3,(H,47,51). The fourth-order valence-electron chi connectivity index (χ4n) is 6.38. The summed E-state index contributed by atoms with van der Waals surface area (Å²) in [5, 5.41) is 13.3. The van der Waals surface area contributed by atoms with Crippen LogP contribution in [0.1, 0.15) is 52.7 Å². The Kier molecular flexibility index (Phi) is 19.1. The van der Waals surface area contributed by atoms with E-state index in [9.17, 15) is 32.3 Å². The van der Waals surface area contributed by atoms with Crippen molar-refractivity contribution >= 4 is 50.1 Å². The van der Waals surface area contributed by atoms with Gasteiger partial charge in [0.2, 0.25) is 10.0 Å². The topological polar surface area (TPSA) is 199 Å². The number of esters is 1. The summed E-state index contributed by atoms with van der Waals surface area (Å²) < 4.78 is 85.6. The van der Waals surface area contributed by atoms with E-state index in [0.717, 1.165) is 36.3 Å². The van der Waals surface area contributed by atoms with E-state index in [1.165, 1.54) is 35.6 Å². The van der Waals surface area contributed by atoms with Gasteiger partial charge in [-0.2, -0.15) is 0 Å². The van der Waals surface area contributed by atoms with Crippen molar-refractivity contribution in [2.75, 3.05) is 103 Å². The highest BCUT2D eigenvalue weighted by Gasteiger charge is 2.33. The predicted molar refractivity (Wildman–Crippen MR) is 232 cm³/mol. The first-order chi connectivity index (χ1) is 30.4. The number of furan rings is 1. The zero-order valence-electron chi connectivity index (χ0n) is 35.7. The molecule has 1 heterocycles. The molecule has 0 radical (unpaired) electrons. The summed E-state index contributed by atoms with van der Waals surface area (Å²) in [5.74, 6) is -2.70. The lowest BCUT2D eigenvalue weighted by Gasteiger charge is -2.25. The molecule has 63 heavy (non-hydrogen) atoms. The van der Waals surface area contributed by atoms with Gasteiger partial charge in [-0.15, -0.1) is 0 Å². The number of rotatable bonds is 29. The predicted octanol–water partition coefficient (Wildman–Crippen LogP) is 5.57. The van der Waals surface area contributed by atoms with E-state index < -0.39 is 27.6 Å². The number of benzene rings is 3. The number of anilines is 1. The maximum Gasteiger partial charge on any atom is 0.379 e. The molecule has 4 aromatic rings. The number of hydrogen-bond acceptors (Lipinski definition) is 14. The minimum Gasteiger partial charge on any atom is -0.507 e. The number of hydrogen-bond donors (Lipinski definition) is 2. The molecule has 0 unspecified atom stereocenters. The number of halogens is 1. The maximum atomic E-state index is 13.7. The van der Waals surface area contributed by atoms with E-state index in [1.807, 2.05) is 6.07 Å². The zero-order valence-corrected chi connectivity index (χ0v) is 36.5. The molecule has 3 aromatic carbocycles. The summed E-state index contributed by atoms with van der Waals surface area (Å²) in [6, 6.07) is 15.8. The number of aliphatic hydroxyl groups is 1. The van der Waals surface area contributed by atoms with Crippen molar-refractivity contribution in [1.29, 1.82) is 0 Å². The number of amides is 1. The van der Waals surface area contributed by atoms with Gasteiger partial charge < -0.3 is 48.0 Å². The van der Waals surface area contributed by atoms with Gasteiger partial charge >= 0.3 is 5.97 Å². The van der Waals surface area contributed by atoms with Crippen LogP contribution in [0.2, 0.25) is 0 Å². The lowest BCUT2D eigenvalue weighted by molar-refractivity contribution is -0.151. The third kappa shape index (κ3) is 14.9. The molecule has 1 fully saturated rings. The highest BCUT2D eigenvalue weighted by molar-refractivity contribution is 7.92. The fourth-order valence-corrected chi connectivity index (χ4v) is 7.31. The van der Waals surface area contributed by atoms with E-state index in [-0.39, 0.29) is 56.3 Å². The molecule has 1 saturated carbocycles. The zero-order chi connectivity index (χ0) is 45.2. The molecule has 0 spiro atoms. The van der Waals surface area contributed by atoms with Crippen LogP contribution in [-0.4, -0.2) is 130 Å². The van der Waals surface area contributed by atoms with Gasteiger partial charge in [0.25, 0.3) is 11.7 Å². The van der Waals surface area contributed by atoms with Crippen LogP contribution in [0, 0.1) is 5.82 Å². The summed E-state index contributed by atoms with van der Waals surface area (Å²) in [6.07, 6.45) is 3.74. The number of ketones is 1. The normalized spacial score (nSPS) is 13.0. The van der Waals surface area contributed by atoms with Crippen molar-refractivity contribution in [3.05, 3.63) is 94.8 Å². The van der Waals surface area contributed by atoms with Crippen molar-refractivity contribution < 1.29 is 69.9 Å². The van der Waals surface area contributed by atoms with Crippen LogP contribution < -0.4 is 9.62 Å². The lowest BCUT2D eigenvalue weighted by Crippen LogP contribution is -2.34. The molecule has 5 rings (SSSR count). The molecule has 1 aromatic heterocycles. The number of nitrogens with zero attached hydrogens (tertiary/aromatic N) is 1. The van der Waals surface area contributed by atoms with Crippen molar-refractivity contribution in [3.63, 3.8) is 0 Å². The monoisotopic (exact) mass is 898 g/mol. The fraction of sp³-hybridized carbons (Fsp3) is 0.444. The molecule has 0 saturated heterocycles. The number of fused-ring (bicyclic) bond motifs is 1. The first kappa shape index (κ1) is 48.8.